The van der Waals surface area contributed by atoms with Crippen molar-refractivity contribution in [3.8, 4) is 0 Å². The molecule has 0 N–H and O–H groups in total. The van der Waals surface area contributed by atoms with Crippen molar-refractivity contribution in [3.63, 3.8) is 0 Å². The first-order chi connectivity index (χ1) is 7.27. The summed E-state index contributed by atoms with van der Waals surface area (Å²) in [5, 5.41) is 0. The third kappa shape index (κ3) is 2.03. The van der Waals surface area contributed by atoms with Gasteiger partial charge in [0.25, 0.3) is 0 Å². The fourth-order valence-electron chi connectivity index (χ4n) is 1.86. The Kier molecular flexibility index (Phi) is 3.03. The summed E-state index contributed by atoms with van der Waals surface area (Å²) >= 11 is 3.45. The summed E-state index contributed by atoms with van der Waals surface area (Å²) in [4.78, 5) is 4.21. The topological polar surface area (TPSA) is 12.4 Å². The van der Waals surface area contributed by atoms with E-state index in [1.54, 1.807) is 0 Å². The van der Waals surface area contributed by atoms with Gasteiger partial charge in [0.05, 0.1) is 12.7 Å². The number of quaternary nitrogens is 1. The molecule has 2 nitrogen and oxygen atoms in total. The van der Waals surface area contributed by atoms with Crippen LogP contribution in [0.2, 0.25) is 0 Å². The van der Waals surface area contributed by atoms with Gasteiger partial charge in [-0.25, -0.2) is 9.48 Å². The van der Waals surface area contributed by atoms with E-state index in [-0.39, 0.29) is 0 Å². The predicted octanol–water partition coefficient (Wildman–Crippen LogP) is 3.68. The van der Waals surface area contributed by atoms with Crippen molar-refractivity contribution in [3.05, 3.63) is 41.1 Å². The lowest BCUT2D eigenvalue weighted by atomic mass is 10.2. The predicted molar refractivity (Wildman–Crippen MR) is 68.7 cm³/mol. The summed E-state index contributed by atoms with van der Waals surface area (Å²) in [5.41, 5.74) is 1.26. The molecular formula is C12H14BrN2+. The first-order valence-corrected chi connectivity index (χ1v) is 5.92. The molecule has 0 bridgehead atoms. The fraction of sp³-hybridized carbons (Fsp3) is 0.250. The molecule has 1 aromatic rings. The molecule has 1 aliphatic heterocycles. The zero-order valence-electron chi connectivity index (χ0n) is 8.73. The molecule has 0 spiro atoms. The van der Waals surface area contributed by atoms with E-state index in [9.17, 15) is 0 Å². The van der Waals surface area contributed by atoms with Crippen molar-refractivity contribution in [2.75, 3.05) is 6.54 Å². The van der Waals surface area contributed by atoms with Gasteiger partial charge in [0.2, 0.25) is 0 Å². The number of rotatable bonds is 3. The number of halogens is 1. The molecule has 1 aliphatic rings. The van der Waals surface area contributed by atoms with Crippen LogP contribution < -0.4 is 4.48 Å². The van der Waals surface area contributed by atoms with Crippen molar-refractivity contribution in [2.45, 2.75) is 13.3 Å². The van der Waals surface area contributed by atoms with Crippen LogP contribution in [0.15, 0.2) is 46.1 Å². The summed E-state index contributed by atoms with van der Waals surface area (Å²) in [5.74, 6) is 0. The average Bonchev–Trinajstić information content (AvgIpc) is 2.69. The minimum atomic E-state index is 0.740. The van der Waals surface area contributed by atoms with E-state index >= 15 is 0 Å². The van der Waals surface area contributed by atoms with Crippen LogP contribution >= 0.6 is 15.9 Å². The van der Waals surface area contributed by atoms with Crippen molar-refractivity contribution < 1.29 is 0 Å². The molecule has 78 valence electrons. The quantitative estimate of drug-likeness (QED) is 0.740. The van der Waals surface area contributed by atoms with E-state index in [1.165, 1.54) is 5.69 Å². The summed E-state index contributed by atoms with van der Waals surface area (Å²) in [6.07, 6.45) is 7.13. The van der Waals surface area contributed by atoms with Gasteiger partial charge in [0.15, 0.2) is 6.34 Å². The molecule has 1 aromatic carbocycles. The van der Waals surface area contributed by atoms with Gasteiger partial charge in [-0.3, -0.25) is 0 Å². The molecule has 1 heterocycles. The Bertz CT molecular complexity index is 381. The highest BCUT2D eigenvalue weighted by Gasteiger charge is 2.27. The lowest BCUT2D eigenvalue weighted by Gasteiger charge is -2.26. The van der Waals surface area contributed by atoms with Crippen LogP contribution in [-0.2, 0) is 0 Å². The van der Waals surface area contributed by atoms with Gasteiger partial charge in [-0.05, 0) is 18.6 Å². The standard InChI is InChI=1S/C12H14BrN2/c1-2-8-15(9-7-14-10-15)12-5-3-11(13)4-6-12/h3-7,9-10H,2,8H2,1H3/q+1. The highest BCUT2D eigenvalue weighted by atomic mass is 79.9. The number of aliphatic imine (C=N–C) groups is 1. The zero-order valence-corrected chi connectivity index (χ0v) is 10.3. The molecule has 15 heavy (non-hydrogen) atoms. The van der Waals surface area contributed by atoms with Crippen LogP contribution in [0, 0.1) is 0 Å². The molecule has 0 fully saturated rings. The normalized spacial score (nSPS) is 23.6. The molecule has 1 unspecified atom stereocenters. The summed E-state index contributed by atoms with van der Waals surface area (Å²) in [6, 6.07) is 8.43. The van der Waals surface area contributed by atoms with E-state index < -0.39 is 0 Å². The molecule has 0 radical (unpaired) electrons. The zero-order chi connectivity index (χ0) is 10.7. The molecule has 0 saturated heterocycles. The van der Waals surface area contributed by atoms with E-state index in [2.05, 4.69) is 58.3 Å². The smallest absolute Gasteiger partial charge is 0.199 e. The van der Waals surface area contributed by atoms with Crippen molar-refractivity contribution >= 4 is 28.0 Å². The molecule has 0 aromatic heterocycles. The molecule has 1 atom stereocenters. The Morgan fingerprint density at radius 2 is 2.00 bits per heavy atom. The molecule has 0 saturated carbocycles. The van der Waals surface area contributed by atoms with E-state index in [1.807, 2.05) is 12.5 Å². The van der Waals surface area contributed by atoms with Crippen molar-refractivity contribution in [1.82, 2.24) is 4.48 Å². The molecular weight excluding hydrogens is 252 g/mol. The first kappa shape index (κ1) is 10.6. The maximum atomic E-state index is 4.21. The second-order valence-electron chi connectivity index (χ2n) is 3.69. The van der Waals surface area contributed by atoms with Crippen LogP contribution in [-0.4, -0.2) is 12.9 Å². The average molecular weight is 266 g/mol. The third-order valence-electron chi connectivity index (χ3n) is 2.59. The summed E-state index contributed by atoms with van der Waals surface area (Å²) < 4.78 is 1.85. The number of hydrogen-bond acceptors (Lipinski definition) is 1. The van der Waals surface area contributed by atoms with Gasteiger partial charge in [-0.15, -0.1) is 0 Å². The van der Waals surface area contributed by atoms with Crippen molar-refractivity contribution in [1.29, 1.82) is 0 Å². The van der Waals surface area contributed by atoms with Gasteiger partial charge in [-0.2, -0.15) is 0 Å². The Morgan fingerprint density at radius 3 is 2.53 bits per heavy atom. The molecule has 0 amide bonds. The maximum absolute atomic E-state index is 4.21. The Hall–Kier alpha value is -0.930. The van der Waals surface area contributed by atoms with Gasteiger partial charge >= 0.3 is 0 Å². The third-order valence-corrected chi connectivity index (χ3v) is 3.12. The van der Waals surface area contributed by atoms with Gasteiger partial charge in [0, 0.05) is 16.6 Å². The van der Waals surface area contributed by atoms with Crippen LogP contribution in [0.5, 0.6) is 0 Å². The summed E-state index contributed by atoms with van der Waals surface area (Å²) in [6.45, 7) is 3.25. The SMILES string of the molecule is CCC[N+]1(c2ccc(Br)cc2)C=CN=C1. The van der Waals surface area contributed by atoms with Gasteiger partial charge in [0.1, 0.15) is 11.9 Å². The highest BCUT2D eigenvalue weighted by molar-refractivity contribution is 9.10. The van der Waals surface area contributed by atoms with E-state index in [0.717, 1.165) is 21.9 Å². The summed E-state index contributed by atoms with van der Waals surface area (Å²) in [7, 11) is 0. The van der Waals surface area contributed by atoms with E-state index in [4.69, 9.17) is 0 Å². The number of hydrogen-bond donors (Lipinski definition) is 0. The highest BCUT2D eigenvalue weighted by Crippen LogP contribution is 2.27. The minimum absolute atomic E-state index is 0.740. The van der Waals surface area contributed by atoms with Gasteiger partial charge in [-0.1, -0.05) is 22.9 Å². The number of nitrogens with zero attached hydrogens (tertiary/aromatic N) is 2. The molecule has 0 aliphatic carbocycles. The van der Waals surface area contributed by atoms with Crippen LogP contribution in [0.25, 0.3) is 0 Å². The second-order valence-corrected chi connectivity index (χ2v) is 4.61. The maximum Gasteiger partial charge on any atom is 0.199 e. The monoisotopic (exact) mass is 265 g/mol. The van der Waals surface area contributed by atoms with E-state index in [0.29, 0.717) is 0 Å². The first-order valence-electron chi connectivity index (χ1n) is 5.12. The van der Waals surface area contributed by atoms with Crippen molar-refractivity contribution in [2.24, 2.45) is 4.99 Å². The van der Waals surface area contributed by atoms with Gasteiger partial charge < -0.3 is 0 Å². The lowest BCUT2D eigenvalue weighted by molar-refractivity contribution is 0.551. The fourth-order valence-corrected chi connectivity index (χ4v) is 2.12. The Labute approximate surface area is 98.7 Å². The molecule has 3 heteroatoms. The number of benzene rings is 1. The largest absolute Gasteiger partial charge is 0.221 e. The van der Waals surface area contributed by atoms with Crippen LogP contribution in [0.3, 0.4) is 0 Å². The van der Waals surface area contributed by atoms with Crippen LogP contribution in [0.1, 0.15) is 13.3 Å². The Morgan fingerprint density at radius 1 is 1.27 bits per heavy atom. The minimum Gasteiger partial charge on any atom is -0.221 e. The Balaban J connectivity index is 2.37. The second kappa shape index (κ2) is 4.29. The lowest BCUT2D eigenvalue weighted by Crippen LogP contribution is -2.41. The molecule has 2 rings (SSSR count). The van der Waals surface area contributed by atoms with Crippen LogP contribution in [0.4, 0.5) is 5.69 Å².